The van der Waals surface area contributed by atoms with E-state index in [4.69, 9.17) is 0 Å². The molecule has 21 heavy (non-hydrogen) atoms. The van der Waals surface area contributed by atoms with Crippen LogP contribution in [0.2, 0.25) is 0 Å². The Morgan fingerprint density at radius 3 is 2.76 bits per heavy atom. The Morgan fingerprint density at radius 1 is 1.24 bits per heavy atom. The summed E-state index contributed by atoms with van der Waals surface area (Å²) >= 11 is 0. The monoisotopic (exact) mass is 286 g/mol. The molecule has 110 valence electrons. The molecule has 3 rings (SSSR count). The van der Waals surface area contributed by atoms with E-state index in [2.05, 4.69) is 39.3 Å². The second kappa shape index (κ2) is 5.69. The first-order valence-corrected chi connectivity index (χ1v) is 7.07. The molecule has 1 aliphatic heterocycles. The van der Waals surface area contributed by atoms with E-state index in [0.717, 1.165) is 30.2 Å². The molecule has 5 heteroatoms. The van der Waals surface area contributed by atoms with Gasteiger partial charge in [0.05, 0.1) is 17.6 Å². The summed E-state index contributed by atoms with van der Waals surface area (Å²) in [5.41, 5.74) is 3.16. The molecule has 0 atom stereocenters. The number of pyridine rings is 1. The average Bonchev–Trinajstić information content (AvgIpc) is 2.49. The van der Waals surface area contributed by atoms with Crippen molar-refractivity contribution in [3.05, 3.63) is 47.9 Å². The van der Waals surface area contributed by atoms with Crippen molar-refractivity contribution in [2.24, 2.45) is 0 Å². The van der Waals surface area contributed by atoms with Gasteiger partial charge in [-0.3, -0.25) is 0 Å². The molecular formula is C16H19FN4. The topological polar surface area (TPSA) is 31.4 Å². The molecule has 0 radical (unpaired) electrons. The highest BCUT2D eigenvalue weighted by Gasteiger charge is 2.23. The molecule has 0 unspecified atom stereocenters. The minimum atomic E-state index is -0.300. The minimum absolute atomic E-state index is 0.300. The van der Waals surface area contributed by atoms with Gasteiger partial charge < -0.3 is 15.1 Å². The first-order chi connectivity index (χ1) is 10.2. The summed E-state index contributed by atoms with van der Waals surface area (Å²) in [6, 6.07) is 9.79. The summed E-state index contributed by atoms with van der Waals surface area (Å²) < 4.78 is 13.5. The van der Waals surface area contributed by atoms with E-state index in [1.54, 1.807) is 6.07 Å². The molecule has 0 spiro atoms. The first kappa shape index (κ1) is 13.8. The molecule has 0 amide bonds. The van der Waals surface area contributed by atoms with Crippen molar-refractivity contribution in [3.8, 4) is 0 Å². The lowest BCUT2D eigenvalue weighted by Crippen LogP contribution is -2.37. The lowest BCUT2D eigenvalue weighted by molar-refractivity contribution is 0.615. The van der Waals surface area contributed by atoms with Crippen LogP contribution in [0.15, 0.2) is 36.5 Å². The van der Waals surface area contributed by atoms with Crippen LogP contribution in [0.5, 0.6) is 0 Å². The van der Waals surface area contributed by atoms with Crippen LogP contribution in [0.1, 0.15) is 5.56 Å². The zero-order valence-corrected chi connectivity index (χ0v) is 12.3. The van der Waals surface area contributed by atoms with Crippen molar-refractivity contribution in [2.75, 3.05) is 37.0 Å². The van der Waals surface area contributed by atoms with Crippen LogP contribution >= 0.6 is 0 Å². The van der Waals surface area contributed by atoms with Gasteiger partial charge in [0.15, 0.2) is 0 Å². The van der Waals surface area contributed by atoms with E-state index < -0.39 is 0 Å². The molecule has 0 bridgehead atoms. The van der Waals surface area contributed by atoms with Crippen LogP contribution in [0, 0.1) is 5.82 Å². The fourth-order valence-electron chi connectivity index (χ4n) is 2.76. The largest absolute Gasteiger partial charge is 0.371 e. The number of hydrogen-bond acceptors (Lipinski definition) is 4. The van der Waals surface area contributed by atoms with Crippen LogP contribution in [0.3, 0.4) is 0 Å². The van der Waals surface area contributed by atoms with Gasteiger partial charge in [-0.15, -0.1) is 0 Å². The van der Waals surface area contributed by atoms with Crippen LogP contribution in [-0.4, -0.2) is 32.2 Å². The fourth-order valence-corrected chi connectivity index (χ4v) is 2.76. The smallest absolute Gasteiger partial charge is 0.141 e. The van der Waals surface area contributed by atoms with Crippen molar-refractivity contribution in [1.82, 2.24) is 10.3 Å². The normalized spacial score (nSPS) is 14.2. The Morgan fingerprint density at radius 2 is 2.00 bits per heavy atom. The van der Waals surface area contributed by atoms with E-state index in [0.29, 0.717) is 6.54 Å². The molecule has 2 heterocycles. The van der Waals surface area contributed by atoms with Gasteiger partial charge in [0, 0.05) is 32.2 Å². The quantitative estimate of drug-likeness (QED) is 0.939. The van der Waals surface area contributed by atoms with E-state index in [1.807, 2.05) is 19.2 Å². The standard InChI is InChI=1S/C16H19FN4/c1-18-10-12-9-13(17)11-19-16(12)21-8-7-20(2)14-5-3-4-6-15(14)21/h3-6,9,11,18H,7-8,10H2,1-2H3. The first-order valence-electron chi connectivity index (χ1n) is 7.07. The van der Waals surface area contributed by atoms with Gasteiger partial charge in [-0.1, -0.05) is 12.1 Å². The molecular weight excluding hydrogens is 267 g/mol. The highest BCUT2D eigenvalue weighted by Crippen LogP contribution is 2.37. The van der Waals surface area contributed by atoms with Crippen molar-refractivity contribution in [3.63, 3.8) is 0 Å². The molecule has 0 fully saturated rings. The Hall–Kier alpha value is -2.14. The number of rotatable bonds is 3. The van der Waals surface area contributed by atoms with Crippen molar-refractivity contribution in [1.29, 1.82) is 0 Å². The Kier molecular flexibility index (Phi) is 3.75. The highest BCUT2D eigenvalue weighted by molar-refractivity contribution is 5.78. The van der Waals surface area contributed by atoms with Crippen molar-refractivity contribution >= 4 is 17.2 Å². The van der Waals surface area contributed by atoms with Crippen LogP contribution in [-0.2, 0) is 6.54 Å². The zero-order chi connectivity index (χ0) is 14.8. The fraction of sp³-hybridized carbons (Fsp3) is 0.312. The average molecular weight is 286 g/mol. The van der Waals surface area contributed by atoms with Gasteiger partial charge in [0.2, 0.25) is 0 Å². The molecule has 2 aromatic rings. The van der Waals surface area contributed by atoms with Crippen molar-refractivity contribution < 1.29 is 4.39 Å². The summed E-state index contributed by atoms with van der Waals surface area (Å²) in [6.07, 6.45) is 1.29. The third-order valence-corrected chi connectivity index (χ3v) is 3.78. The molecule has 1 N–H and O–H groups in total. The van der Waals surface area contributed by atoms with Gasteiger partial charge in [-0.25, -0.2) is 9.37 Å². The summed E-state index contributed by atoms with van der Waals surface area (Å²) in [5, 5.41) is 3.08. The van der Waals surface area contributed by atoms with Crippen LogP contribution in [0.25, 0.3) is 0 Å². The number of hydrogen-bond donors (Lipinski definition) is 1. The van der Waals surface area contributed by atoms with E-state index in [-0.39, 0.29) is 5.82 Å². The van der Waals surface area contributed by atoms with Gasteiger partial charge >= 0.3 is 0 Å². The van der Waals surface area contributed by atoms with E-state index in [9.17, 15) is 4.39 Å². The summed E-state index contributed by atoms with van der Waals surface area (Å²) in [4.78, 5) is 8.73. The summed E-state index contributed by atoms with van der Waals surface area (Å²) in [6.45, 7) is 2.34. The SMILES string of the molecule is CNCc1cc(F)cnc1N1CCN(C)c2ccccc21. The number of nitrogens with zero attached hydrogens (tertiary/aromatic N) is 3. The Balaban J connectivity index is 2.07. The number of anilines is 3. The van der Waals surface area contributed by atoms with Crippen molar-refractivity contribution in [2.45, 2.75) is 6.54 Å². The summed E-state index contributed by atoms with van der Waals surface area (Å²) in [5.74, 6) is 0.526. The maximum Gasteiger partial charge on any atom is 0.141 e. The Labute approximate surface area is 124 Å². The van der Waals surface area contributed by atoms with Gasteiger partial charge in [-0.2, -0.15) is 0 Å². The van der Waals surface area contributed by atoms with Gasteiger partial charge in [0.25, 0.3) is 0 Å². The number of halogens is 1. The predicted molar refractivity (Wildman–Crippen MR) is 83.7 cm³/mol. The maximum atomic E-state index is 13.5. The minimum Gasteiger partial charge on any atom is -0.371 e. The van der Waals surface area contributed by atoms with E-state index in [1.165, 1.54) is 11.9 Å². The highest BCUT2D eigenvalue weighted by atomic mass is 19.1. The number of benzene rings is 1. The Bertz CT molecular complexity index is 644. The zero-order valence-electron chi connectivity index (χ0n) is 12.3. The van der Waals surface area contributed by atoms with Crippen LogP contribution < -0.4 is 15.1 Å². The third-order valence-electron chi connectivity index (χ3n) is 3.78. The molecule has 0 saturated heterocycles. The molecule has 4 nitrogen and oxygen atoms in total. The van der Waals surface area contributed by atoms with Crippen LogP contribution in [0.4, 0.5) is 21.6 Å². The number of nitrogens with one attached hydrogen (secondary N) is 1. The number of likely N-dealkylation sites (N-methyl/N-ethyl adjacent to an activating group) is 1. The molecule has 0 aliphatic carbocycles. The molecule has 1 aromatic carbocycles. The maximum absolute atomic E-state index is 13.5. The lowest BCUT2D eigenvalue weighted by atomic mass is 10.1. The molecule has 1 aliphatic rings. The van der Waals surface area contributed by atoms with Gasteiger partial charge in [0.1, 0.15) is 11.6 Å². The second-order valence-electron chi connectivity index (χ2n) is 5.23. The second-order valence-corrected chi connectivity index (χ2v) is 5.23. The summed E-state index contributed by atoms with van der Waals surface area (Å²) in [7, 11) is 3.94. The number of aromatic nitrogens is 1. The van der Waals surface area contributed by atoms with E-state index >= 15 is 0 Å². The number of para-hydroxylation sites is 2. The number of fused-ring (bicyclic) bond motifs is 1. The van der Waals surface area contributed by atoms with Gasteiger partial charge in [-0.05, 0) is 25.2 Å². The molecule has 1 aromatic heterocycles. The molecule has 0 saturated carbocycles. The lowest BCUT2D eigenvalue weighted by Gasteiger charge is -2.37. The third kappa shape index (κ3) is 2.56. The predicted octanol–water partition coefficient (Wildman–Crippen LogP) is 2.53.